The zero-order valence-electron chi connectivity index (χ0n) is 11.3. The Morgan fingerprint density at radius 1 is 0.947 bits per heavy atom. The van der Waals surface area contributed by atoms with Gasteiger partial charge in [0.1, 0.15) is 0 Å². The first-order valence-corrected chi connectivity index (χ1v) is 6.49. The normalized spacial score (nSPS) is 11.1. The molecule has 0 unspecified atom stereocenters. The van der Waals surface area contributed by atoms with E-state index in [0.29, 0.717) is 6.42 Å². The minimum atomic E-state index is -0.740. The zero-order valence-corrected chi connectivity index (χ0v) is 11.3. The highest BCUT2D eigenvalue weighted by atomic mass is 16.6. The molecular formula is C17H18O2. The summed E-state index contributed by atoms with van der Waals surface area (Å²) in [6.45, 7) is 3.74. The zero-order chi connectivity index (χ0) is 13.7. The van der Waals surface area contributed by atoms with Gasteiger partial charge >= 0.3 is 5.97 Å². The van der Waals surface area contributed by atoms with Crippen LogP contribution in [0.15, 0.2) is 60.7 Å². The molecule has 98 valence electrons. The van der Waals surface area contributed by atoms with Crippen LogP contribution in [0.3, 0.4) is 0 Å². The standard InChI is InChI=1S/C17H18O2/c1-3-16(18)19-17(2,14-10-6-4-7-11-14)15-12-8-5-9-13-15/h4-13H,3H2,1-2H3. The predicted molar refractivity (Wildman–Crippen MR) is 75.7 cm³/mol. The summed E-state index contributed by atoms with van der Waals surface area (Å²) < 4.78 is 5.72. The van der Waals surface area contributed by atoms with Gasteiger partial charge in [0.25, 0.3) is 0 Å². The lowest BCUT2D eigenvalue weighted by Gasteiger charge is -2.30. The molecule has 0 fully saturated rings. The Kier molecular flexibility index (Phi) is 4.00. The molecule has 0 saturated heterocycles. The van der Waals surface area contributed by atoms with Crippen LogP contribution < -0.4 is 0 Å². The first-order chi connectivity index (χ1) is 9.16. The molecular weight excluding hydrogens is 236 g/mol. The topological polar surface area (TPSA) is 26.3 Å². The number of ether oxygens (including phenoxy) is 1. The van der Waals surface area contributed by atoms with Crippen molar-refractivity contribution in [3.8, 4) is 0 Å². The summed E-state index contributed by atoms with van der Waals surface area (Å²) in [6, 6.07) is 19.7. The van der Waals surface area contributed by atoms with Gasteiger partial charge in [0.2, 0.25) is 0 Å². The Morgan fingerprint density at radius 3 is 1.74 bits per heavy atom. The van der Waals surface area contributed by atoms with Crippen LogP contribution >= 0.6 is 0 Å². The maximum absolute atomic E-state index is 11.8. The van der Waals surface area contributed by atoms with Crippen LogP contribution in [0, 0.1) is 0 Å². The van der Waals surface area contributed by atoms with Gasteiger partial charge in [0.05, 0.1) is 0 Å². The fourth-order valence-corrected chi connectivity index (χ4v) is 2.10. The molecule has 0 bridgehead atoms. The lowest BCUT2D eigenvalue weighted by molar-refractivity contribution is -0.154. The average Bonchev–Trinajstić information content (AvgIpc) is 2.48. The van der Waals surface area contributed by atoms with Gasteiger partial charge < -0.3 is 4.74 Å². The average molecular weight is 254 g/mol. The molecule has 0 atom stereocenters. The Balaban J connectivity index is 2.47. The van der Waals surface area contributed by atoms with Crippen LogP contribution in [0.2, 0.25) is 0 Å². The molecule has 0 saturated carbocycles. The van der Waals surface area contributed by atoms with E-state index < -0.39 is 5.60 Å². The summed E-state index contributed by atoms with van der Waals surface area (Å²) >= 11 is 0. The van der Waals surface area contributed by atoms with Gasteiger partial charge in [-0.3, -0.25) is 4.79 Å². The van der Waals surface area contributed by atoms with Gasteiger partial charge in [0.15, 0.2) is 5.60 Å². The van der Waals surface area contributed by atoms with Gasteiger partial charge in [-0.25, -0.2) is 0 Å². The van der Waals surface area contributed by atoms with E-state index in [2.05, 4.69) is 0 Å². The Labute approximate surface area is 114 Å². The molecule has 0 heterocycles. The molecule has 0 aliphatic carbocycles. The molecule has 0 aliphatic heterocycles. The third-order valence-corrected chi connectivity index (χ3v) is 3.26. The van der Waals surface area contributed by atoms with Crippen molar-refractivity contribution >= 4 is 5.97 Å². The number of esters is 1. The van der Waals surface area contributed by atoms with Gasteiger partial charge in [-0.05, 0) is 18.1 Å². The van der Waals surface area contributed by atoms with E-state index in [-0.39, 0.29) is 5.97 Å². The number of carbonyl (C=O) groups is 1. The van der Waals surface area contributed by atoms with Crippen LogP contribution in [0.1, 0.15) is 31.4 Å². The fraction of sp³-hybridized carbons (Fsp3) is 0.235. The van der Waals surface area contributed by atoms with Crippen LogP contribution in [0.5, 0.6) is 0 Å². The van der Waals surface area contributed by atoms with Crippen LogP contribution in [0.4, 0.5) is 0 Å². The monoisotopic (exact) mass is 254 g/mol. The number of hydrogen-bond acceptors (Lipinski definition) is 2. The summed E-state index contributed by atoms with van der Waals surface area (Å²) in [6.07, 6.45) is 0.370. The summed E-state index contributed by atoms with van der Waals surface area (Å²) in [5, 5.41) is 0. The van der Waals surface area contributed by atoms with E-state index in [0.717, 1.165) is 11.1 Å². The summed E-state index contributed by atoms with van der Waals surface area (Å²) in [5.41, 5.74) is 1.21. The Hall–Kier alpha value is -2.09. The van der Waals surface area contributed by atoms with Crippen molar-refractivity contribution in [2.75, 3.05) is 0 Å². The van der Waals surface area contributed by atoms with Crippen molar-refractivity contribution in [2.24, 2.45) is 0 Å². The van der Waals surface area contributed by atoms with Crippen molar-refractivity contribution in [3.63, 3.8) is 0 Å². The Bertz CT molecular complexity index is 492. The van der Waals surface area contributed by atoms with Crippen LogP contribution in [-0.4, -0.2) is 5.97 Å². The largest absolute Gasteiger partial charge is 0.450 e. The molecule has 19 heavy (non-hydrogen) atoms. The molecule has 0 aromatic heterocycles. The van der Waals surface area contributed by atoms with Gasteiger partial charge in [-0.2, -0.15) is 0 Å². The van der Waals surface area contributed by atoms with Crippen molar-refractivity contribution < 1.29 is 9.53 Å². The highest BCUT2D eigenvalue weighted by Gasteiger charge is 2.32. The first kappa shape index (κ1) is 13.3. The number of carbonyl (C=O) groups excluding carboxylic acids is 1. The van der Waals surface area contributed by atoms with Gasteiger partial charge in [0, 0.05) is 6.42 Å². The molecule has 2 heteroatoms. The third kappa shape index (κ3) is 2.84. The summed E-state index contributed by atoms with van der Waals surface area (Å²) in [7, 11) is 0. The third-order valence-electron chi connectivity index (χ3n) is 3.26. The predicted octanol–water partition coefficient (Wildman–Crippen LogP) is 3.90. The van der Waals surface area contributed by atoms with Crippen molar-refractivity contribution in [3.05, 3.63) is 71.8 Å². The molecule has 0 spiro atoms. The van der Waals surface area contributed by atoms with Crippen molar-refractivity contribution in [1.82, 2.24) is 0 Å². The number of benzene rings is 2. The van der Waals surface area contributed by atoms with E-state index in [4.69, 9.17) is 4.74 Å². The molecule has 2 nitrogen and oxygen atoms in total. The Morgan fingerprint density at radius 2 is 1.37 bits per heavy atom. The van der Waals surface area contributed by atoms with E-state index in [1.807, 2.05) is 67.6 Å². The molecule has 2 aromatic rings. The van der Waals surface area contributed by atoms with Crippen LogP contribution in [-0.2, 0) is 15.1 Å². The van der Waals surface area contributed by atoms with Crippen molar-refractivity contribution in [1.29, 1.82) is 0 Å². The van der Waals surface area contributed by atoms with E-state index in [1.165, 1.54) is 0 Å². The first-order valence-electron chi connectivity index (χ1n) is 6.49. The minimum Gasteiger partial charge on any atom is -0.450 e. The highest BCUT2D eigenvalue weighted by Crippen LogP contribution is 2.33. The van der Waals surface area contributed by atoms with Gasteiger partial charge in [-0.15, -0.1) is 0 Å². The molecule has 0 aliphatic rings. The maximum atomic E-state index is 11.8. The van der Waals surface area contributed by atoms with E-state index in [1.54, 1.807) is 6.92 Å². The quantitative estimate of drug-likeness (QED) is 0.773. The maximum Gasteiger partial charge on any atom is 0.306 e. The second-order valence-corrected chi connectivity index (χ2v) is 4.59. The second kappa shape index (κ2) is 5.70. The molecule has 0 amide bonds. The minimum absolute atomic E-state index is 0.199. The molecule has 0 N–H and O–H groups in total. The summed E-state index contributed by atoms with van der Waals surface area (Å²) in [5.74, 6) is -0.199. The van der Waals surface area contributed by atoms with Gasteiger partial charge in [-0.1, -0.05) is 67.6 Å². The lowest BCUT2D eigenvalue weighted by Crippen LogP contribution is -2.30. The van der Waals surface area contributed by atoms with E-state index >= 15 is 0 Å². The highest BCUT2D eigenvalue weighted by molar-refractivity contribution is 5.70. The summed E-state index contributed by atoms with van der Waals surface area (Å²) in [4.78, 5) is 11.8. The van der Waals surface area contributed by atoms with Crippen LogP contribution in [0.25, 0.3) is 0 Å². The second-order valence-electron chi connectivity index (χ2n) is 4.59. The molecule has 2 aromatic carbocycles. The number of hydrogen-bond donors (Lipinski definition) is 0. The van der Waals surface area contributed by atoms with E-state index in [9.17, 15) is 4.79 Å². The molecule has 2 rings (SSSR count). The fourth-order valence-electron chi connectivity index (χ4n) is 2.10. The van der Waals surface area contributed by atoms with Crippen molar-refractivity contribution in [2.45, 2.75) is 25.9 Å². The lowest BCUT2D eigenvalue weighted by atomic mass is 9.88. The SMILES string of the molecule is CCC(=O)OC(C)(c1ccccc1)c1ccccc1. The number of rotatable bonds is 4. The smallest absolute Gasteiger partial charge is 0.306 e. The molecule has 0 radical (unpaired) electrons.